The quantitative estimate of drug-likeness (QED) is 0.114. The first-order valence-electron chi connectivity index (χ1n) is 18.2. The lowest BCUT2D eigenvalue weighted by molar-refractivity contribution is -0.150. The Morgan fingerprint density at radius 1 is 1.02 bits per heavy atom. The maximum Gasteiger partial charge on any atom is 0.264 e. The van der Waals surface area contributed by atoms with Gasteiger partial charge in [0.15, 0.2) is 5.60 Å². The molecule has 7 rings (SSSR count). The number of carbonyl (C=O) groups excluding carboxylic acids is 3. The van der Waals surface area contributed by atoms with Crippen molar-refractivity contribution in [3.05, 3.63) is 126 Å². The number of para-hydroxylation sites is 1. The zero-order valence-corrected chi connectivity index (χ0v) is 31.8. The third kappa shape index (κ3) is 6.08. The maximum absolute atomic E-state index is 15.0. The Bertz CT molecular complexity index is 2020. The summed E-state index contributed by atoms with van der Waals surface area (Å²) in [6.07, 6.45) is 2.49. The number of hydrogen-bond acceptors (Lipinski definition) is 6. The van der Waals surface area contributed by atoms with Gasteiger partial charge in [0.25, 0.3) is 5.91 Å². The number of aliphatic hydroxyl groups excluding tert-OH is 1. The molecule has 0 bridgehead atoms. The first-order chi connectivity index (χ1) is 25.6. The monoisotopic (exact) mass is 729 g/mol. The molecule has 3 amide bonds. The molecular formula is C43H47N3O6Si. The minimum atomic E-state index is -2.55. The average Bonchev–Trinajstić information content (AvgIpc) is 3.60. The van der Waals surface area contributed by atoms with Gasteiger partial charge in [-0.1, -0.05) is 85.9 Å². The van der Waals surface area contributed by atoms with Crippen molar-refractivity contribution in [2.45, 2.75) is 62.7 Å². The second-order valence-corrected chi connectivity index (χ2v) is 19.6. The number of nitrogens with zero attached hydrogens (tertiary/aromatic N) is 3. The topological polar surface area (TPSA) is 99.6 Å². The average molecular weight is 730 g/mol. The SMILES string of the molecule is C=CCN1C(=O)[C@]2(O[C@H](CC(=O)N3Cc4ccccc4C[C@H]3CO)[C@@H]([Si](C)(C)c3ccc(OC)cc3)[C@@H]2C)c2cc(N(C=O)c3ccccc3)ccc21. The number of benzene rings is 4. The van der Waals surface area contributed by atoms with E-state index in [1.807, 2.05) is 78.9 Å². The fraction of sp³-hybridized carbons (Fsp3) is 0.326. The lowest BCUT2D eigenvalue weighted by Crippen LogP contribution is -2.52. The van der Waals surface area contributed by atoms with Gasteiger partial charge in [-0.05, 0) is 65.6 Å². The van der Waals surface area contributed by atoms with Gasteiger partial charge in [-0.2, -0.15) is 0 Å². The van der Waals surface area contributed by atoms with E-state index in [0.29, 0.717) is 35.6 Å². The fourth-order valence-electron chi connectivity index (χ4n) is 9.15. The van der Waals surface area contributed by atoms with E-state index in [1.54, 1.807) is 27.9 Å². The molecule has 3 aliphatic heterocycles. The summed E-state index contributed by atoms with van der Waals surface area (Å²) < 4.78 is 12.7. The number of carbonyl (C=O) groups is 3. The molecule has 53 heavy (non-hydrogen) atoms. The van der Waals surface area contributed by atoms with Gasteiger partial charge >= 0.3 is 0 Å². The summed E-state index contributed by atoms with van der Waals surface area (Å²) in [6, 6.07) is 30.8. The molecule has 0 saturated carbocycles. The lowest BCUT2D eigenvalue weighted by Gasteiger charge is -2.39. The van der Waals surface area contributed by atoms with Crippen LogP contribution in [0, 0.1) is 5.92 Å². The Balaban J connectivity index is 1.34. The third-order valence-corrected chi connectivity index (χ3v) is 16.2. The number of amides is 3. The van der Waals surface area contributed by atoms with Crippen LogP contribution in [0.3, 0.4) is 0 Å². The third-order valence-electron chi connectivity index (χ3n) is 11.8. The number of anilines is 3. The molecule has 0 unspecified atom stereocenters. The van der Waals surface area contributed by atoms with E-state index in [0.717, 1.165) is 28.5 Å². The van der Waals surface area contributed by atoms with Crippen LogP contribution in [-0.2, 0) is 37.7 Å². The second kappa shape index (κ2) is 14.4. The summed E-state index contributed by atoms with van der Waals surface area (Å²) in [6.45, 7) is 11.1. The van der Waals surface area contributed by atoms with Gasteiger partial charge in [-0.3, -0.25) is 19.3 Å². The highest BCUT2D eigenvalue weighted by molar-refractivity contribution is 6.91. The van der Waals surface area contributed by atoms with Crippen molar-refractivity contribution in [2.75, 3.05) is 30.1 Å². The van der Waals surface area contributed by atoms with Crippen LogP contribution in [0.5, 0.6) is 5.75 Å². The minimum Gasteiger partial charge on any atom is -0.497 e. The standard InChI is InChI=1S/C43H47N3O6Si/c1-6-22-44-38-21-16-33(46(28-48)32-14-8-7-9-15-32)24-37(38)43(42(44)50)29(2)41(53(4,5)36-19-17-35(51-3)18-20-36)39(52-43)25-40(49)45-26-31-13-11-10-12-30(31)23-34(45)27-47/h6-21,24,28-29,34,39,41,47H,1,22-23,25-27H2,2-5H3/t29-,34-,39+,41-,43+/m0/s1. The number of hydrogen-bond donors (Lipinski definition) is 1. The van der Waals surface area contributed by atoms with Crippen LogP contribution in [0.15, 0.2) is 110 Å². The zero-order valence-electron chi connectivity index (χ0n) is 30.8. The number of rotatable bonds is 11. The van der Waals surface area contributed by atoms with Gasteiger partial charge in [-0.25, -0.2) is 0 Å². The van der Waals surface area contributed by atoms with Crippen molar-refractivity contribution < 1.29 is 29.0 Å². The summed E-state index contributed by atoms with van der Waals surface area (Å²) >= 11 is 0. The molecule has 4 aromatic carbocycles. The number of fused-ring (bicyclic) bond motifs is 3. The molecule has 0 radical (unpaired) electrons. The van der Waals surface area contributed by atoms with Gasteiger partial charge in [0.1, 0.15) is 5.75 Å². The Labute approximate surface area is 312 Å². The largest absolute Gasteiger partial charge is 0.497 e. The summed E-state index contributed by atoms with van der Waals surface area (Å²) in [7, 11) is -0.902. The van der Waals surface area contributed by atoms with Crippen molar-refractivity contribution in [3.8, 4) is 5.75 Å². The Kier molecular flexibility index (Phi) is 9.88. The predicted molar refractivity (Wildman–Crippen MR) is 209 cm³/mol. The normalized spacial score (nSPS) is 23.5. The van der Waals surface area contributed by atoms with Crippen LogP contribution in [-0.4, -0.2) is 68.7 Å². The van der Waals surface area contributed by atoms with Crippen molar-refractivity contribution >= 4 is 48.5 Å². The summed E-state index contributed by atoms with van der Waals surface area (Å²) in [5.74, 6) is 0.0889. The van der Waals surface area contributed by atoms with Gasteiger partial charge in [0.05, 0.1) is 46.0 Å². The van der Waals surface area contributed by atoms with Crippen LogP contribution in [0.4, 0.5) is 17.1 Å². The molecule has 9 nitrogen and oxygen atoms in total. The Morgan fingerprint density at radius 2 is 1.72 bits per heavy atom. The molecule has 1 fully saturated rings. The van der Waals surface area contributed by atoms with Crippen molar-refractivity contribution in [3.63, 3.8) is 0 Å². The Hall–Kier alpha value is -5.03. The first-order valence-corrected chi connectivity index (χ1v) is 21.3. The van der Waals surface area contributed by atoms with E-state index in [2.05, 4.69) is 44.8 Å². The highest BCUT2D eigenvalue weighted by atomic mass is 28.3. The highest BCUT2D eigenvalue weighted by Gasteiger charge is 2.66. The molecule has 0 aromatic heterocycles. The van der Waals surface area contributed by atoms with E-state index in [4.69, 9.17) is 9.47 Å². The lowest BCUT2D eigenvalue weighted by atomic mass is 9.82. The molecule has 274 valence electrons. The number of ether oxygens (including phenoxy) is 2. The zero-order chi connectivity index (χ0) is 37.5. The van der Waals surface area contributed by atoms with Gasteiger partial charge in [-0.15, -0.1) is 6.58 Å². The second-order valence-electron chi connectivity index (χ2n) is 14.9. The first kappa shape index (κ1) is 36.3. The van der Waals surface area contributed by atoms with Crippen LogP contribution in [0.25, 0.3) is 0 Å². The van der Waals surface area contributed by atoms with E-state index < -0.39 is 19.8 Å². The van der Waals surface area contributed by atoms with E-state index in [9.17, 15) is 14.7 Å². The highest BCUT2D eigenvalue weighted by Crippen LogP contribution is 2.60. The van der Waals surface area contributed by atoms with E-state index in [1.165, 1.54) is 0 Å². The molecule has 5 atom stereocenters. The molecule has 1 N–H and O–H groups in total. The number of aliphatic hydroxyl groups is 1. The fourth-order valence-corrected chi connectivity index (χ4v) is 13.2. The van der Waals surface area contributed by atoms with Crippen LogP contribution in [0.1, 0.15) is 30.0 Å². The van der Waals surface area contributed by atoms with Gasteiger partial charge in [0, 0.05) is 35.9 Å². The maximum atomic E-state index is 15.0. The molecule has 4 aromatic rings. The summed E-state index contributed by atoms with van der Waals surface area (Å²) in [5, 5.41) is 11.6. The van der Waals surface area contributed by atoms with Crippen LogP contribution < -0.4 is 19.7 Å². The molecular weight excluding hydrogens is 683 g/mol. The van der Waals surface area contributed by atoms with Gasteiger partial charge < -0.3 is 24.4 Å². The molecule has 3 aliphatic rings. The van der Waals surface area contributed by atoms with Crippen LogP contribution in [0.2, 0.25) is 18.6 Å². The molecule has 1 saturated heterocycles. The van der Waals surface area contributed by atoms with Crippen molar-refractivity contribution in [2.24, 2.45) is 5.92 Å². The van der Waals surface area contributed by atoms with E-state index in [-0.39, 0.29) is 48.9 Å². The molecule has 0 aliphatic carbocycles. The number of methoxy groups -OCH3 is 1. The summed E-state index contributed by atoms with van der Waals surface area (Å²) in [4.78, 5) is 47.2. The molecule has 3 heterocycles. The van der Waals surface area contributed by atoms with Gasteiger partial charge in [0.2, 0.25) is 12.3 Å². The Morgan fingerprint density at radius 3 is 2.38 bits per heavy atom. The predicted octanol–water partition coefficient (Wildman–Crippen LogP) is 6.07. The summed E-state index contributed by atoms with van der Waals surface area (Å²) in [5.41, 5.74) is 3.29. The van der Waals surface area contributed by atoms with Crippen molar-refractivity contribution in [1.82, 2.24) is 4.90 Å². The molecule has 1 spiro atoms. The van der Waals surface area contributed by atoms with Crippen LogP contribution >= 0.6 is 0 Å². The van der Waals surface area contributed by atoms with Crippen molar-refractivity contribution in [1.29, 1.82) is 0 Å². The molecule has 10 heteroatoms. The smallest absolute Gasteiger partial charge is 0.264 e. The minimum absolute atomic E-state index is 0.0518. The van der Waals surface area contributed by atoms with E-state index >= 15 is 4.79 Å².